The van der Waals surface area contributed by atoms with Crippen molar-refractivity contribution in [2.75, 3.05) is 0 Å². The van der Waals surface area contributed by atoms with Crippen molar-refractivity contribution < 1.29 is 7.56 Å². The van der Waals surface area contributed by atoms with Gasteiger partial charge in [-0.25, -0.2) is 0 Å². The van der Waals surface area contributed by atoms with Gasteiger partial charge in [-0.2, -0.15) is 0 Å². The van der Waals surface area contributed by atoms with Gasteiger partial charge in [0.2, 0.25) is 0 Å². The molecule has 0 aromatic heterocycles. The van der Waals surface area contributed by atoms with Gasteiger partial charge < -0.3 is 0 Å². The van der Waals surface area contributed by atoms with E-state index in [2.05, 4.69) is 93.5 Å². The summed E-state index contributed by atoms with van der Waals surface area (Å²) >= 11 is -7.33. The molecular weight excluding hydrogens is 742 g/mol. The van der Waals surface area contributed by atoms with Crippen molar-refractivity contribution in [2.24, 2.45) is 0 Å². The molecular formula is C38H66O3Sn2. The molecule has 0 atom stereocenters. The summed E-state index contributed by atoms with van der Waals surface area (Å²) in [6.07, 6.45) is 14.0. The van der Waals surface area contributed by atoms with Crippen LogP contribution < -0.4 is 6.15 Å². The van der Waals surface area contributed by atoms with Crippen molar-refractivity contribution in [3.63, 3.8) is 0 Å². The SMILES string of the molecule is CCC[CH2][Sn]([CH2]CCC)([O]c1ccc(CCC)c(C)c1C)[O][Sn]([CH2]CCC)([CH2]CCC)[O]c1ccc(CCC)c(C)c1C. The van der Waals surface area contributed by atoms with Crippen LogP contribution in [0.15, 0.2) is 24.3 Å². The van der Waals surface area contributed by atoms with Gasteiger partial charge in [-0.3, -0.25) is 0 Å². The molecule has 43 heavy (non-hydrogen) atoms. The Kier molecular flexibility index (Phi) is 18.0. The Labute approximate surface area is 277 Å². The van der Waals surface area contributed by atoms with E-state index in [1.165, 1.54) is 97.6 Å². The van der Waals surface area contributed by atoms with Gasteiger partial charge >= 0.3 is 279 Å². The van der Waals surface area contributed by atoms with Gasteiger partial charge in [0.15, 0.2) is 0 Å². The van der Waals surface area contributed by atoms with E-state index in [-0.39, 0.29) is 0 Å². The first-order chi connectivity index (χ1) is 20.6. The third-order valence-corrected chi connectivity index (χ3v) is 41.8. The van der Waals surface area contributed by atoms with Gasteiger partial charge in [0.1, 0.15) is 0 Å². The molecule has 2 aromatic carbocycles. The molecule has 0 amide bonds. The average molecular weight is 808 g/mol. The van der Waals surface area contributed by atoms with Crippen LogP contribution in [0.1, 0.15) is 139 Å². The van der Waals surface area contributed by atoms with Crippen molar-refractivity contribution in [2.45, 2.75) is 164 Å². The number of aryl methyl sites for hydroxylation is 2. The number of rotatable bonds is 22. The normalized spacial score (nSPS) is 12.1. The monoisotopic (exact) mass is 810 g/mol. The molecule has 3 nitrogen and oxygen atoms in total. The maximum absolute atomic E-state index is 7.96. The van der Waals surface area contributed by atoms with Gasteiger partial charge in [-0.1, -0.05) is 0 Å². The minimum atomic E-state index is -3.66. The van der Waals surface area contributed by atoms with Crippen molar-refractivity contribution in [1.82, 2.24) is 0 Å². The van der Waals surface area contributed by atoms with Gasteiger partial charge in [0.05, 0.1) is 0 Å². The second-order valence-corrected chi connectivity index (χ2v) is 34.7. The number of benzene rings is 2. The van der Waals surface area contributed by atoms with E-state index in [0.29, 0.717) is 0 Å². The molecule has 0 aliphatic heterocycles. The van der Waals surface area contributed by atoms with E-state index in [1.54, 1.807) is 0 Å². The van der Waals surface area contributed by atoms with Crippen LogP contribution in [0.2, 0.25) is 17.7 Å². The van der Waals surface area contributed by atoms with Crippen LogP contribution >= 0.6 is 0 Å². The molecule has 0 heterocycles. The Morgan fingerprint density at radius 2 is 0.767 bits per heavy atom. The molecule has 0 bridgehead atoms. The van der Waals surface area contributed by atoms with Gasteiger partial charge in [0.25, 0.3) is 0 Å². The van der Waals surface area contributed by atoms with E-state index in [4.69, 9.17) is 7.56 Å². The molecule has 0 aliphatic rings. The van der Waals surface area contributed by atoms with Crippen LogP contribution in [0.3, 0.4) is 0 Å². The summed E-state index contributed by atoms with van der Waals surface area (Å²) in [5.41, 5.74) is 8.32. The summed E-state index contributed by atoms with van der Waals surface area (Å²) in [4.78, 5) is 0. The number of hydrogen-bond acceptors (Lipinski definition) is 3. The first-order valence-corrected chi connectivity index (χ1v) is 30.6. The Bertz CT molecular complexity index is 996. The van der Waals surface area contributed by atoms with Crippen LogP contribution in [0, 0.1) is 27.7 Å². The molecule has 0 unspecified atom stereocenters. The first-order valence-electron chi connectivity index (χ1n) is 17.9. The third-order valence-electron chi connectivity index (χ3n) is 9.35. The molecule has 0 spiro atoms. The molecule has 0 saturated heterocycles. The minimum absolute atomic E-state index is 1.09. The summed E-state index contributed by atoms with van der Waals surface area (Å²) in [6, 6.07) is 9.19. The van der Waals surface area contributed by atoms with Gasteiger partial charge in [-0.05, 0) is 0 Å². The maximum atomic E-state index is 7.96. The molecule has 0 fully saturated rings. The van der Waals surface area contributed by atoms with Crippen LogP contribution in [-0.4, -0.2) is 38.4 Å². The zero-order valence-corrected chi connectivity index (χ0v) is 35.6. The zero-order chi connectivity index (χ0) is 31.9. The van der Waals surface area contributed by atoms with Crippen LogP contribution in [0.4, 0.5) is 0 Å². The fourth-order valence-electron chi connectivity index (χ4n) is 6.23. The number of unbranched alkanes of at least 4 members (excludes halogenated alkanes) is 4. The fraction of sp³-hybridized carbons (Fsp3) is 0.684. The first kappa shape index (κ1) is 38.8. The van der Waals surface area contributed by atoms with Crippen LogP contribution in [-0.2, 0) is 14.3 Å². The van der Waals surface area contributed by atoms with Gasteiger partial charge in [-0.15, -0.1) is 0 Å². The van der Waals surface area contributed by atoms with E-state index < -0.39 is 38.4 Å². The standard InChI is InChI=1S/2C11H16O.4C4H9.O.2Sn/c2*1-4-5-10-6-7-11(12)9(3)8(10)2;4*1-3-4-2;;;/h2*6-7,12H,4-5H2,1-3H3;4*1,3-4H2,2H3;;;/q;;;;;;;2*+1/p-2. The Hall–Kier alpha value is -0.403. The summed E-state index contributed by atoms with van der Waals surface area (Å²) in [7, 11) is 0. The molecule has 5 heteroatoms. The van der Waals surface area contributed by atoms with E-state index >= 15 is 0 Å². The molecule has 2 aromatic rings. The van der Waals surface area contributed by atoms with E-state index in [1.807, 2.05) is 0 Å². The topological polar surface area (TPSA) is 27.7 Å². The quantitative estimate of drug-likeness (QED) is 0.111. The predicted molar refractivity (Wildman–Crippen MR) is 193 cm³/mol. The Morgan fingerprint density at radius 3 is 1.05 bits per heavy atom. The molecule has 0 saturated carbocycles. The molecule has 0 radical (unpaired) electrons. The second kappa shape index (κ2) is 20.0. The van der Waals surface area contributed by atoms with Crippen molar-refractivity contribution in [3.8, 4) is 11.5 Å². The van der Waals surface area contributed by atoms with E-state index in [9.17, 15) is 0 Å². The molecule has 0 aliphatic carbocycles. The summed E-state index contributed by atoms with van der Waals surface area (Å²) in [5, 5.41) is 0. The van der Waals surface area contributed by atoms with Crippen LogP contribution in [0.25, 0.3) is 0 Å². The summed E-state index contributed by atoms with van der Waals surface area (Å²) < 4.78 is 27.4. The Balaban J connectivity index is 2.69. The summed E-state index contributed by atoms with van der Waals surface area (Å²) in [6.45, 7) is 22.9. The average Bonchev–Trinajstić information content (AvgIpc) is 3.00. The van der Waals surface area contributed by atoms with Crippen LogP contribution in [0.5, 0.6) is 11.5 Å². The third kappa shape index (κ3) is 11.4. The second-order valence-electron chi connectivity index (χ2n) is 13.0. The number of hydrogen-bond donors (Lipinski definition) is 0. The van der Waals surface area contributed by atoms with E-state index in [0.717, 1.165) is 42.1 Å². The Morgan fingerprint density at radius 1 is 0.442 bits per heavy atom. The molecule has 0 N–H and O–H groups in total. The van der Waals surface area contributed by atoms with Crippen molar-refractivity contribution in [1.29, 1.82) is 0 Å². The fourth-order valence-corrected chi connectivity index (χ4v) is 48.3. The van der Waals surface area contributed by atoms with Crippen molar-refractivity contribution >= 4 is 38.4 Å². The van der Waals surface area contributed by atoms with Crippen molar-refractivity contribution in [3.05, 3.63) is 57.6 Å². The summed E-state index contributed by atoms with van der Waals surface area (Å²) in [5.74, 6) is 2.17. The van der Waals surface area contributed by atoms with Gasteiger partial charge in [0, 0.05) is 0 Å². The predicted octanol–water partition coefficient (Wildman–Crippen LogP) is 12.4. The molecule has 2 rings (SSSR count). The molecule has 244 valence electrons. The zero-order valence-electron chi connectivity index (χ0n) is 29.8.